The van der Waals surface area contributed by atoms with E-state index in [4.69, 9.17) is 4.74 Å². The van der Waals surface area contributed by atoms with Crippen molar-refractivity contribution in [1.29, 1.82) is 0 Å². The third-order valence-electron chi connectivity index (χ3n) is 2.99. The predicted molar refractivity (Wildman–Crippen MR) is 60.0 cm³/mol. The molecule has 1 heterocycles. The molecule has 0 amide bonds. The van der Waals surface area contributed by atoms with Crippen molar-refractivity contribution in [1.82, 2.24) is 0 Å². The van der Waals surface area contributed by atoms with E-state index in [1.165, 1.54) is 11.1 Å². The molecule has 0 aliphatic carbocycles. The minimum Gasteiger partial charge on any atom is -0.386 e. The zero-order chi connectivity index (χ0) is 10.8. The van der Waals surface area contributed by atoms with E-state index >= 15 is 0 Å². The third kappa shape index (κ3) is 2.21. The Hall–Kier alpha value is -0.860. The van der Waals surface area contributed by atoms with Gasteiger partial charge in [0.1, 0.15) is 6.10 Å². The Kier molecular flexibility index (Phi) is 3.08. The molecule has 0 spiro atoms. The summed E-state index contributed by atoms with van der Waals surface area (Å²) >= 11 is 0. The molecule has 2 heteroatoms. The number of aliphatic hydroxyl groups excluding tert-OH is 1. The smallest absolute Gasteiger partial charge is 0.103 e. The lowest BCUT2D eigenvalue weighted by atomic mass is 9.94. The van der Waals surface area contributed by atoms with Gasteiger partial charge in [0, 0.05) is 0 Å². The standard InChI is InChI=1S/C13H18O2/c1-9(2)11-4-3-10-5-6-15-8-13(14)12(10)7-11/h3-4,7,9,13-14H,5-6,8H2,1-2H3. The summed E-state index contributed by atoms with van der Waals surface area (Å²) in [6.07, 6.45) is 0.450. The second-order valence-electron chi connectivity index (χ2n) is 4.45. The van der Waals surface area contributed by atoms with Crippen LogP contribution >= 0.6 is 0 Å². The molecule has 0 aromatic heterocycles. The van der Waals surface area contributed by atoms with Crippen LogP contribution in [0.25, 0.3) is 0 Å². The number of benzene rings is 1. The lowest BCUT2D eigenvalue weighted by Gasteiger charge is -2.14. The van der Waals surface area contributed by atoms with Gasteiger partial charge in [-0.2, -0.15) is 0 Å². The van der Waals surface area contributed by atoms with E-state index in [-0.39, 0.29) is 0 Å². The van der Waals surface area contributed by atoms with E-state index in [1.54, 1.807) is 0 Å². The molecule has 1 N–H and O–H groups in total. The van der Waals surface area contributed by atoms with Crippen LogP contribution in [-0.2, 0) is 11.2 Å². The van der Waals surface area contributed by atoms with Crippen molar-refractivity contribution < 1.29 is 9.84 Å². The Labute approximate surface area is 90.9 Å². The second kappa shape index (κ2) is 4.33. The molecule has 0 saturated heterocycles. The van der Waals surface area contributed by atoms with Gasteiger partial charge in [-0.05, 0) is 29.0 Å². The van der Waals surface area contributed by atoms with E-state index in [2.05, 4.69) is 32.0 Å². The van der Waals surface area contributed by atoms with Crippen molar-refractivity contribution in [2.45, 2.75) is 32.3 Å². The van der Waals surface area contributed by atoms with Gasteiger partial charge in [-0.25, -0.2) is 0 Å². The minimum absolute atomic E-state index is 0.425. The summed E-state index contributed by atoms with van der Waals surface area (Å²) in [6, 6.07) is 6.41. The SMILES string of the molecule is CC(C)c1ccc2c(c1)C(O)COCC2. The highest BCUT2D eigenvalue weighted by Gasteiger charge is 2.17. The van der Waals surface area contributed by atoms with Gasteiger partial charge in [0.05, 0.1) is 13.2 Å². The Morgan fingerprint density at radius 2 is 2.20 bits per heavy atom. The van der Waals surface area contributed by atoms with E-state index in [9.17, 15) is 5.11 Å². The van der Waals surface area contributed by atoms with Crippen LogP contribution in [0.4, 0.5) is 0 Å². The first-order chi connectivity index (χ1) is 7.18. The first-order valence-corrected chi connectivity index (χ1v) is 5.57. The molecular weight excluding hydrogens is 188 g/mol. The molecule has 1 unspecified atom stereocenters. The summed E-state index contributed by atoms with van der Waals surface area (Å²) in [7, 11) is 0. The average Bonchev–Trinajstić information content (AvgIpc) is 2.40. The molecule has 1 aliphatic rings. The topological polar surface area (TPSA) is 29.5 Å². The van der Waals surface area contributed by atoms with Gasteiger partial charge < -0.3 is 9.84 Å². The number of fused-ring (bicyclic) bond motifs is 1. The quantitative estimate of drug-likeness (QED) is 0.764. The summed E-state index contributed by atoms with van der Waals surface area (Å²) in [5, 5.41) is 9.92. The molecule has 1 aromatic rings. The van der Waals surface area contributed by atoms with E-state index < -0.39 is 6.10 Å². The summed E-state index contributed by atoms with van der Waals surface area (Å²) in [5.74, 6) is 0.506. The van der Waals surface area contributed by atoms with Crippen molar-refractivity contribution in [2.24, 2.45) is 0 Å². The van der Waals surface area contributed by atoms with Crippen molar-refractivity contribution in [3.63, 3.8) is 0 Å². The van der Waals surface area contributed by atoms with Crippen LogP contribution in [0.2, 0.25) is 0 Å². The highest BCUT2D eigenvalue weighted by molar-refractivity contribution is 5.35. The van der Waals surface area contributed by atoms with Gasteiger partial charge >= 0.3 is 0 Å². The van der Waals surface area contributed by atoms with Crippen LogP contribution in [0, 0.1) is 0 Å². The highest BCUT2D eigenvalue weighted by atomic mass is 16.5. The zero-order valence-electron chi connectivity index (χ0n) is 9.36. The Bertz CT molecular complexity index is 344. The van der Waals surface area contributed by atoms with Gasteiger partial charge in [-0.3, -0.25) is 0 Å². The van der Waals surface area contributed by atoms with Crippen molar-refractivity contribution >= 4 is 0 Å². The van der Waals surface area contributed by atoms with Gasteiger partial charge in [0.2, 0.25) is 0 Å². The largest absolute Gasteiger partial charge is 0.386 e. The summed E-state index contributed by atoms with van der Waals surface area (Å²) in [6.45, 7) is 5.47. The number of hydrogen-bond donors (Lipinski definition) is 1. The van der Waals surface area contributed by atoms with Crippen LogP contribution in [0.15, 0.2) is 18.2 Å². The monoisotopic (exact) mass is 206 g/mol. The van der Waals surface area contributed by atoms with Crippen molar-refractivity contribution in [3.8, 4) is 0 Å². The van der Waals surface area contributed by atoms with Crippen LogP contribution in [0.5, 0.6) is 0 Å². The van der Waals surface area contributed by atoms with Gasteiger partial charge in [-0.15, -0.1) is 0 Å². The maximum atomic E-state index is 9.92. The third-order valence-corrected chi connectivity index (χ3v) is 2.99. The van der Waals surface area contributed by atoms with E-state index in [1.807, 2.05) is 0 Å². The first kappa shape index (κ1) is 10.7. The molecule has 1 atom stereocenters. The lowest BCUT2D eigenvalue weighted by Crippen LogP contribution is -2.05. The van der Waals surface area contributed by atoms with Gasteiger partial charge in [-0.1, -0.05) is 32.0 Å². The van der Waals surface area contributed by atoms with Crippen LogP contribution in [0.3, 0.4) is 0 Å². The molecule has 0 saturated carbocycles. The zero-order valence-corrected chi connectivity index (χ0v) is 9.36. The molecule has 15 heavy (non-hydrogen) atoms. The van der Waals surface area contributed by atoms with E-state index in [0.717, 1.165) is 12.0 Å². The molecule has 2 nitrogen and oxygen atoms in total. The highest BCUT2D eigenvalue weighted by Crippen LogP contribution is 2.26. The fourth-order valence-electron chi connectivity index (χ4n) is 1.98. The predicted octanol–water partition coefficient (Wildman–Crippen LogP) is 2.42. The number of rotatable bonds is 1. The van der Waals surface area contributed by atoms with Gasteiger partial charge in [0.25, 0.3) is 0 Å². The molecular formula is C13H18O2. The fourth-order valence-corrected chi connectivity index (χ4v) is 1.98. The molecule has 1 aromatic carbocycles. The maximum absolute atomic E-state index is 9.92. The number of ether oxygens (including phenoxy) is 1. The Balaban J connectivity index is 2.39. The first-order valence-electron chi connectivity index (χ1n) is 5.57. The fraction of sp³-hybridized carbons (Fsp3) is 0.538. The molecule has 82 valence electrons. The minimum atomic E-state index is -0.457. The summed E-state index contributed by atoms with van der Waals surface area (Å²) in [5.41, 5.74) is 3.57. The molecule has 1 aliphatic heterocycles. The molecule has 2 rings (SSSR count). The van der Waals surface area contributed by atoms with Crippen LogP contribution in [-0.4, -0.2) is 18.3 Å². The summed E-state index contributed by atoms with van der Waals surface area (Å²) in [4.78, 5) is 0. The Morgan fingerprint density at radius 1 is 1.40 bits per heavy atom. The second-order valence-corrected chi connectivity index (χ2v) is 4.45. The van der Waals surface area contributed by atoms with Crippen LogP contribution < -0.4 is 0 Å². The Morgan fingerprint density at radius 3 is 2.93 bits per heavy atom. The average molecular weight is 206 g/mol. The summed E-state index contributed by atoms with van der Waals surface area (Å²) < 4.78 is 5.34. The molecule has 0 radical (unpaired) electrons. The van der Waals surface area contributed by atoms with Crippen molar-refractivity contribution in [3.05, 3.63) is 34.9 Å². The normalized spacial score (nSPS) is 21.2. The lowest BCUT2D eigenvalue weighted by molar-refractivity contribution is 0.0451. The van der Waals surface area contributed by atoms with E-state index in [0.29, 0.717) is 19.1 Å². The molecule has 0 fully saturated rings. The van der Waals surface area contributed by atoms with Crippen LogP contribution in [0.1, 0.15) is 42.6 Å². The number of aliphatic hydroxyl groups is 1. The van der Waals surface area contributed by atoms with Gasteiger partial charge in [0.15, 0.2) is 0 Å². The maximum Gasteiger partial charge on any atom is 0.103 e. The van der Waals surface area contributed by atoms with Crippen molar-refractivity contribution in [2.75, 3.05) is 13.2 Å². The molecule has 0 bridgehead atoms. The number of hydrogen-bond acceptors (Lipinski definition) is 2.